The summed E-state index contributed by atoms with van der Waals surface area (Å²) in [7, 11) is 0. The van der Waals surface area contributed by atoms with E-state index in [2.05, 4.69) is 33.4 Å². The van der Waals surface area contributed by atoms with E-state index in [0.29, 0.717) is 12.2 Å². The summed E-state index contributed by atoms with van der Waals surface area (Å²) in [5, 5.41) is 11.9. The number of carboxylic acids is 1. The summed E-state index contributed by atoms with van der Waals surface area (Å²) in [5.74, 6) is -1.73. The second-order valence-electron chi connectivity index (χ2n) is 4.61. The lowest BCUT2D eigenvalue weighted by atomic mass is 10.1. The van der Waals surface area contributed by atoms with Crippen molar-refractivity contribution in [3.05, 3.63) is 63.9 Å². The average Bonchev–Trinajstić information content (AvgIpc) is 2.48. The van der Waals surface area contributed by atoms with Crippen LogP contribution >= 0.6 is 15.9 Å². The highest BCUT2D eigenvalue weighted by Gasteiger charge is 2.15. The molecular weight excluding hydrogens is 337 g/mol. The topological polar surface area (TPSA) is 49.3 Å². The number of aromatic carboxylic acids is 1. The molecule has 0 saturated carbocycles. The molecule has 2 N–H and O–H groups in total. The normalized spacial score (nSPS) is 10.4. The van der Waals surface area contributed by atoms with Crippen LogP contribution in [0.25, 0.3) is 0 Å². The Bertz CT molecular complexity index is 632. The van der Waals surface area contributed by atoms with Crippen LogP contribution in [0.3, 0.4) is 0 Å². The molecule has 0 aromatic heterocycles. The minimum Gasteiger partial charge on any atom is -0.478 e. The van der Waals surface area contributed by atoms with Crippen LogP contribution in [-0.2, 0) is 6.42 Å². The summed E-state index contributed by atoms with van der Waals surface area (Å²) in [5.41, 5.74) is 1.46. The molecular formula is C16H15BrFNO2. The molecule has 0 radical (unpaired) electrons. The number of anilines is 1. The van der Waals surface area contributed by atoms with Crippen molar-refractivity contribution in [2.24, 2.45) is 0 Å². The molecule has 0 spiro atoms. The van der Waals surface area contributed by atoms with E-state index in [1.54, 1.807) is 0 Å². The van der Waals surface area contributed by atoms with E-state index in [1.165, 1.54) is 17.7 Å². The lowest BCUT2D eigenvalue weighted by Crippen LogP contribution is -2.07. The van der Waals surface area contributed by atoms with Gasteiger partial charge in [0.05, 0.1) is 15.7 Å². The molecule has 2 aromatic carbocycles. The first kappa shape index (κ1) is 15.5. The molecule has 0 aliphatic rings. The van der Waals surface area contributed by atoms with Gasteiger partial charge in [0.2, 0.25) is 0 Å². The maximum Gasteiger partial charge on any atom is 0.336 e. The zero-order valence-corrected chi connectivity index (χ0v) is 12.9. The second kappa shape index (κ2) is 7.22. The Morgan fingerprint density at radius 1 is 1.19 bits per heavy atom. The van der Waals surface area contributed by atoms with Gasteiger partial charge < -0.3 is 10.4 Å². The van der Waals surface area contributed by atoms with Crippen molar-refractivity contribution in [3.63, 3.8) is 0 Å². The van der Waals surface area contributed by atoms with Gasteiger partial charge in [-0.05, 0) is 46.5 Å². The highest BCUT2D eigenvalue weighted by molar-refractivity contribution is 9.10. The van der Waals surface area contributed by atoms with E-state index in [4.69, 9.17) is 5.11 Å². The average molecular weight is 352 g/mol. The Balaban J connectivity index is 1.92. The quantitative estimate of drug-likeness (QED) is 0.761. The molecule has 2 rings (SSSR count). The fourth-order valence-electron chi connectivity index (χ4n) is 2.01. The second-order valence-corrected chi connectivity index (χ2v) is 5.40. The van der Waals surface area contributed by atoms with Crippen LogP contribution in [-0.4, -0.2) is 17.6 Å². The molecule has 0 unspecified atom stereocenters. The SMILES string of the molecule is O=C(O)c1ccc(NCCCc2ccccc2)c(F)c1Br. The predicted molar refractivity (Wildman–Crippen MR) is 84.3 cm³/mol. The molecule has 3 nitrogen and oxygen atoms in total. The molecule has 0 bridgehead atoms. The number of hydrogen-bond donors (Lipinski definition) is 2. The van der Waals surface area contributed by atoms with Crippen LogP contribution in [0.1, 0.15) is 22.3 Å². The Morgan fingerprint density at radius 3 is 2.57 bits per heavy atom. The predicted octanol–water partition coefficient (Wildman–Crippen LogP) is 4.33. The Labute approximate surface area is 130 Å². The maximum atomic E-state index is 14.0. The molecule has 0 aliphatic heterocycles. The van der Waals surface area contributed by atoms with Gasteiger partial charge in [-0.3, -0.25) is 0 Å². The minimum absolute atomic E-state index is 0.0249. The lowest BCUT2D eigenvalue weighted by Gasteiger charge is -2.10. The summed E-state index contributed by atoms with van der Waals surface area (Å²) >= 11 is 2.98. The van der Waals surface area contributed by atoms with Crippen LogP contribution < -0.4 is 5.32 Å². The van der Waals surface area contributed by atoms with Gasteiger partial charge >= 0.3 is 5.97 Å². The van der Waals surface area contributed by atoms with Crippen molar-refractivity contribution in [1.82, 2.24) is 0 Å². The highest BCUT2D eigenvalue weighted by atomic mass is 79.9. The van der Waals surface area contributed by atoms with Crippen molar-refractivity contribution in [1.29, 1.82) is 0 Å². The van der Waals surface area contributed by atoms with Gasteiger partial charge in [-0.1, -0.05) is 30.3 Å². The van der Waals surface area contributed by atoms with Crippen LogP contribution in [0.5, 0.6) is 0 Å². The molecule has 0 atom stereocenters. The van der Waals surface area contributed by atoms with Crippen LogP contribution in [0.2, 0.25) is 0 Å². The van der Waals surface area contributed by atoms with E-state index >= 15 is 0 Å². The van der Waals surface area contributed by atoms with E-state index in [-0.39, 0.29) is 10.0 Å². The summed E-state index contributed by atoms with van der Waals surface area (Å²) in [4.78, 5) is 10.9. The first-order valence-corrected chi connectivity index (χ1v) is 7.38. The summed E-state index contributed by atoms with van der Waals surface area (Å²) < 4.78 is 14.0. The fraction of sp³-hybridized carbons (Fsp3) is 0.188. The fourth-order valence-corrected chi connectivity index (χ4v) is 2.53. The van der Waals surface area contributed by atoms with E-state index < -0.39 is 11.8 Å². The zero-order valence-electron chi connectivity index (χ0n) is 11.3. The standard InChI is InChI=1S/C16H15BrFNO2/c17-14-12(16(20)21)8-9-13(15(14)18)19-10-4-7-11-5-2-1-3-6-11/h1-3,5-6,8-9,19H,4,7,10H2,(H,20,21). The van der Waals surface area contributed by atoms with E-state index in [0.717, 1.165) is 12.8 Å². The summed E-state index contributed by atoms with van der Waals surface area (Å²) in [6.45, 7) is 0.616. The van der Waals surface area contributed by atoms with E-state index in [9.17, 15) is 9.18 Å². The first-order valence-electron chi connectivity index (χ1n) is 6.58. The third-order valence-corrected chi connectivity index (χ3v) is 3.89. The van der Waals surface area contributed by atoms with Gasteiger partial charge in [-0.25, -0.2) is 9.18 Å². The minimum atomic E-state index is -1.16. The summed E-state index contributed by atoms with van der Waals surface area (Å²) in [6, 6.07) is 12.9. The monoisotopic (exact) mass is 351 g/mol. The molecule has 0 saturated heterocycles. The Morgan fingerprint density at radius 2 is 1.90 bits per heavy atom. The molecule has 21 heavy (non-hydrogen) atoms. The number of carboxylic acid groups (broad SMARTS) is 1. The molecule has 0 amide bonds. The molecule has 0 aliphatic carbocycles. The van der Waals surface area contributed by atoms with Gasteiger partial charge in [0.25, 0.3) is 0 Å². The van der Waals surface area contributed by atoms with Crippen molar-refractivity contribution >= 4 is 27.6 Å². The number of nitrogens with one attached hydrogen (secondary N) is 1. The lowest BCUT2D eigenvalue weighted by molar-refractivity contribution is 0.0695. The third kappa shape index (κ3) is 4.04. The van der Waals surface area contributed by atoms with Gasteiger partial charge in [-0.2, -0.15) is 0 Å². The number of aryl methyl sites for hydroxylation is 1. The van der Waals surface area contributed by atoms with Crippen LogP contribution in [0.15, 0.2) is 46.9 Å². The number of carbonyl (C=O) groups is 1. The Kier molecular flexibility index (Phi) is 5.33. The van der Waals surface area contributed by atoms with Gasteiger partial charge in [-0.15, -0.1) is 0 Å². The van der Waals surface area contributed by atoms with E-state index in [1.807, 2.05) is 18.2 Å². The molecule has 5 heteroatoms. The molecule has 0 heterocycles. The molecule has 0 fully saturated rings. The largest absolute Gasteiger partial charge is 0.478 e. The number of benzene rings is 2. The van der Waals surface area contributed by atoms with Crippen LogP contribution in [0, 0.1) is 5.82 Å². The zero-order chi connectivity index (χ0) is 15.2. The van der Waals surface area contributed by atoms with Crippen molar-refractivity contribution in [2.45, 2.75) is 12.8 Å². The third-order valence-electron chi connectivity index (χ3n) is 3.11. The van der Waals surface area contributed by atoms with Gasteiger partial charge in [0, 0.05) is 6.54 Å². The van der Waals surface area contributed by atoms with Crippen molar-refractivity contribution in [2.75, 3.05) is 11.9 Å². The number of rotatable bonds is 6. The smallest absolute Gasteiger partial charge is 0.336 e. The van der Waals surface area contributed by atoms with Gasteiger partial charge in [0.1, 0.15) is 0 Å². The van der Waals surface area contributed by atoms with Crippen molar-refractivity contribution < 1.29 is 14.3 Å². The van der Waals surface area contributed by atoms with Gasteiger partial charge in [0.15, 0.2) is 5.82 Å². The summed E-state index contributed by atoms with van der Waals surface area (Å²) in [6.07, 6.45) is 1.77. The molecule has 2 aromatic rings. The molecule has 110 valence electrons. The Hall–Kier alpha value is -1.88. The maximum absolute atomic E-state index is 14.0. The number of hydrogen-bond acceptors (Lipinski definition) is 2. The van der Waals surface area contributed by atoms with Crippen molar-refractivity contribution in [3.8, 4) is 0 Å². The first-order chi connectivity index (χ1) is 10.1. The highest BCUT2D eigenvalue weighted by Crippen LogP contribution is 2.27. The van der Waals surface area contributed by atoms with Crippen LogP contribution in [0.4, 0.5) is 10.1 Å². The number of halogens is 2.